The van der Waals surface area contributed by atoms with Gasteiger partial charge < -0.3 is 10.1 Å². The van der Waals surface area contributed by atoms with E-state index in [4.69, 9.17) is 4.74 Å². The van der Waals surface area contributed by atoms with Crippen molar-refractivity contribution in [1.29, 1.82) is 0 Å². The lowest BCUT2D eigenvalue weighted by Gasteiger charge is -2.04. The number of halogens is 1. The van der Waals surface area contributed by atoms with Gasteiger partial charge in [-0.05, 0) is 12.8 Å². The summed E-state index contributed by atoms with van der Waals surface area (Å²) in [7, 11) is 0. The molecule has 1 aromatic rings. The van der Waals surface area contributed by atoms with Gasteiger partial charge in [0.2, 0.25) is 5.95 Å². The number of hydrogen-bond donors (Lipinski definition) is 1. The topological polar surface area (TPSA) is 47.0 Å². The van der Waals surface area contributed by atoms with Crippen LogP contribution in [0.25, 0.3) is 0 Å². The number of nitrogens with one attached hydrogen (secondary N) is 1. The zero-order chi connectivity index (χ0) is 10.9. The van der Waals surface area contributed by atoms with E-state index in [0.29, 0.717) is 5.95 Å². The Morgan fingerprint density at radius 1 is 1.33 bits per heavy atom. The molecule has 0 unspecified atom stereocenters. The van der Waals surface area contributed by atoms with Crippen LogP contribution in [-0.2, 0) is 4.74 Å². The van der Waals surface area contributed by atoms with Crippen molar-refractivity contribution in [3.05, 3.63) is 18.2 Å². The van der Waals surface area contributed by atoms with Crippen LogP contribution in [0.2, 0.25) is 0 Å². The molecule has 0 atom stereocenters. The van der Waals surface area contributed by atoms with Crippen LogP contribution in [0.5, 0.6) is 0 Å². The van der Waals surface area contributed by atoms with Gasteiger partial charge in [0.1, 0.15) is 0 Å². The van der Waals surface area contributed by atoms with Crippen molar-refractivity contribution in [2.24, 2.45) is 0 Å². The Morgan fingerprint density at radius 2 is 2.07 bits per heavy atom. The summed E-state index contributed by atoms with van der Waals surface area (Å²) in [6.07, 6.45) is 4.21. The molecule has 0 fully saturated rings. The highest BCUT2D eigenvalue weighted by Crippen LogP contribution is 1.98. The normalized spacial score (nSPS) is 10.3. The van der Waals surface area contributed by atoms with Crippen molar-refractivity contribution in [2.45, 2.75) is 19.8 Å². The summed E-state index contributed by atoms with van der Waals surface area (Å²) in [6.45, 7) is 4.33. The maximum absolute atomic E-state index is 12.4. The van der Waals surface area contributed by atoms with E-state index < -0.39 is 5.82 Å². The van der Waals surface area contributed by atoms with Gasteiger partial charge in [-0.3, -0.25) is 0 Å². The first-order valence-electron chi connectivity index (χ1n) is 5.12. The molecule has 0 saturated carbocycles. The Bertz CT molecular complexity index is 266. The molecule has 0 saturated heterocycles. The molecule has 0 amide bonds. The van der Waals surface area contributed by atoms with Gasteiger partial charge in [-0.2, -0.15) is 0 Å². The van der Waals surface area contributed by atoms with Gasteiger partial charge >= 0.3 is 0 Å². The van der Waals surface area contributed by atoms with Gasteiger partial charge in [-0.15, -0.1) is 0 Å². The zero-order valence-electron chi connectivity index (χ0n) is 8.87. The fourth-order valence-corrected chi connectivity index (χ4v) is 1.02. The molecule has 4 nitrogen and oxygen atoms in total. The average molecular weight is 213 g/mol. The van der Waals surface area contributed by atoms with Crippen LogP contribution in [0.4, 0.5) is 10.3 Å². The van der Waals surface area contributed by atoms with E-state index in [-0.39, 0.29) is 0 Å². The van der Waals surface area contributed by atoms with E-state index in [1.807, 2.05) is 0 Å². The minimum atomic E-state index is -0.424. The van der Waals surface area contributed by atoms with E-state index in [2.05, 4.69) is 22.2 Å². The lowest BCUT2D eigenvalue weighted by atomic mass is 10.4. The molecule has 0 radical (unpaired) electrons. The summed E-state index contributed by atoms with van der Waals surface area (Å²) in [6, 6.07) is 0. The van der Waals surface area contributed by atoms with Crippen LogP contribution in [-0.4, -0.2) is 29.7 Å². The minimum Gasteiger partial charge on any atom is -0.381 e. The van der Waals surface area contributed by atoms with Gasteiger partial charge in [0.15, 0.2) is 5.82 Å². The highest BCUT2D eigenvalue weighted by molar-refractivity contribution is 5.21. The first kappa shape index (κ1) is 11.8. The van der Waals surface area contributed by atoms with Crippen LogP contribution in [0.15, 0.2) is 12.4 Å². The summed E-state index contributed by atoms with van der Waals surface area (Å²) < 4.78 is 17.7. The quantitative estimate of drug-likeness (QED) is 0.702. The van der Waals surface area contributed by atoms with Gasteiger partial charge in [0, 0.05) is 19.8 Å². The van der Waals surface area contributed by atoms with Crippen molar-refractivity contribution >= 4 is 5.95 Å². The fourth-order valence-electron chi connectivity index (χ4n) is 1.02. The van der Waals surface area contributed by atoms with Gasteiger partial charge in [-0.1, -0.05) is 6.92 Å². The standard InChI is InChI=1S/C10H16FN3O/c1-2-5-15-6-3-4-12-10-13-7-9(11)8-14-10/h7-8H,2-6H2,1H3,(H,12,13,14). The number of ether oxygens (including phenoxy) is 1. The minimum absolute atomic E-state index is 0.424. The van der Waals surface area contributed by atoms with Crippen molar-refractivity contribution in [3.63, 3.8) is 0 Å². The van der Waals surface area contributed by atoms with E-state index in [9.17, 15) is 4.39 Å². The molecule has 0 bridgehead atoms. The Hall–Kier alpha value is -1.23. The van der Waals surface area contributed by atoms with Crippen molar-refractivity contribution < 1.29 is 9.13 Å². The van der Waals surface area contributed by atoms with Gasteiger partial charge in [-0.25, -0.2) is 14.4 Å². The van der Waals surface area contributed by atoms with E-state index in [1.54, 1.807) is 0 Å². The molecule has 0 aromatic carbocycles. The summed E-state index contributed by atoms with van der Waals surface area (Å²) in [5.41, 5.74) is 0. The summed E-state index contributed by atoms with van der Waals surface area (Å²) in [4.78, 5) is 7.55. The smallest absolute Gasteiger partial charge is 0.222 e. The Morgan fingerprint density at radius 3 is 2.73 bits per heavy atom. The van der Waals surface area contributed by atoms with Crippen LogP contribution in [0.3, 0.4) is 0 Å². The lowest BCUT2D eigenvalue weighted by molar-refractivity contribution is 0.134. The molecule has 1 aromatic heterocycles. The predicted molar refractivity (Wildman–Crippen MR) is 56.2 cm³/mol. The molecule has 1 heterocycles. The first-order valence-corrected chi connectivity index (χ1v) is 5.12. The van der Waals surface area contributed by atoms with Crippen molar-refractivity contribution in [2.75, 3.05) is 25.1 Å². The van der Waals surface area contributed by atoms with Crippen molar-refractivity contribution in [3.8, 4) is 0 Å². The van der Waals surface area contributed by atoms with Gasteiger partial charge in [0.25, 0.3) is 0 Å². The number of hydrogen-bond acceptors (Lipinski definition) is 4. The van der Waals surface area contributed by atoms with Gasteiger partial charge in [0.05, 0.1) is 12.4 Å². The molecule has 84 valence electrons. The third kappa shape index (κ3) is 5.27. The molecule has 1 rings (SSSR count). The second kappa shape index (κ2) is 7.11. The molecule has 0 aliphatic rings. The Balaban J connectivity index is 2.07. The Kier molecular flexibility index (Phi) is 5.62. The zero-order valence-corrected chi connectivity index (χ0v) is 8.87. The molecule has 0 aliphatic heterocycles. The summed E-state index contributed by atoms with van der Waals surface area (Å²) >= 11 is 0. The highest BCUT2D eigenvalue weighted by atomic mass is 19.1. The molecule has 15 heavy (non-hydrogen) atoms. The number of rotatable bonds is 7. The van der Waals surface area contributed by atoms with E-state index >= 15 is 0 Å². The molecule has 0 spiro atoms. The predicted octanol–water partition coefficient (Wildman–Crippen LogP) is 1.84. The fraction of sp³-hybridized carbons (Fsp3) is 0.600. The van der Waals surface area contributed by atoms with Crippen molar-refractivity contribution in [1.82, 2.24) is 9.97 Å². The molecule has 1 N–H and O–H groups in total. The van der Waals surface area contributed by atoms with Crippen LogP contribution < -0.4 is 5.32 Å². The van der Waals surface area contributed by atoms with Crippen LogP contribution in [0, 0.1) is 5.82 Å². The second-order valence-corrected chi connectivity index (χ2v) is 3.12. The maximum Gasteiger partial charge on any atom is 0.222 e. The second-order valence-electron chi connectivity index (χ2n) is 3.12. The molecule has 0 aliphatic carbocycles. The van der Waals surface area contributed by atoms with Crippen LogP contribution in [0.1, 0.15) is 19.8 Å². The van der Waals surface area contributed by atoms with Crippen LogP contribution >= 0.6 is 0 Å². The van der Waals surface area contributed by atoms with E-state index in [0.717, 1.165) is 45.0 Å². The first-order chi connectivity index (χ1) is 7.33. The third-order valence-electron chi connectivity index (χ3n) is 1.72. The number of aromatic nitrogens is 2. The molecular weight excluding hydrogens is 197 g/mol. The average Bonchev–Trinajstić information content (AvgIpc) is 2.26. The summed E-state index contributed by atoms with van der Waals surface area (Å²) in [5.74, 6) is 0.0266. The SMILES string of the molecule is CCCOCCCNc1ncc(F)cn1. The molecule has 5 heteroatoms. The summed E-state index contributed by atoms with van der Waals surface area (Å²) in [5, 5.41) is 2.98. The highest BCUT2D eigenvalue weighted by Gasteiger charge is 1.95. The number of anilines is 1. The molecular formula is C10H16FN3O. The largest absolute Gasteiger partial charge is 0.381 e. The lowest BCUT2D eigenvalue weighted by Crippen LogP contribution is -2.08. The van der Waals surface area contributed by atoms with E-state index in [1.165, 1.54) is 0 Å². The number of nitrogens with zero attached hydrogens (tertiary/aromatic N) is 2. The monoisotopic (exact) mass is 213 g/mol. The maximum atomic E-state index is 12.4. The Labute approximate surface area is 88.9 Å². The third-order valence-corrected chi connectivity index (χ3v) is 1.72.